The molecule has 2 heterocycles. The van der Waals surface area contributed by atoms with Crippen LogP contribution in [0.3, 0.4) is 0 Å². The lowest BCUT2D eigenvalue weighted by atomic mass is 9.79. The highest BCUT2D eigenvalue weighted by Gasteiger charge is 2.23. The van der Waals surface area contributed by atoms with Crippen molar-refractivity contribution in [1.29, 1.82) is 0 Å². The van der Waals surface area contributed by atoms with Crippen LogP contribution < -0.4 is 0 Å². The molecule has 1 N–H and O–H groups in total. The second-order valence-electron chi connectivity index (χ2n) is 9.57. The fourth-order valence-corrected chi connectivity index (χ4v) is 2.80. The molecule has 0 unspecified atom stereocenters. The predicted octanol–water partition coefficient (Wildman–Crippen LogP) is 5.85. The normalized spacial score (nSPS) is 12.8. The predicted molar refractivity (Wildman–Crippen MR) is 109 cm³/mol. The number of hydrogen-bond donors (Lipinski definition) is 1. The number of benzene rings is 1. The molecule has 0 saturated heterocycles. The number of hydrogen-bond acceptors (Lipinski definition) is 4. The van der Waals surface area contributed by atoms with Gasteiger partial charge in [0.05, 0.1) is 0 Å². The van der Waals surface area contributed by atoms with E-state index in [4.69, 9.17) is 4.42 Å². The van der Waals surface area contributed by atoms with Gasteiger partial charge in [-0.25, -0.2) is 0 Å². The Morgan fingerprint density at radius 2 is 1.37 bits per heavy atom. The highest BCUT2D eigenvalue weighted by Crippen LogP contribution is 2.34. The van der Waals surface area contributed by atoms with Gasteiger partial charge in [0, 0.05) is 11.3 Å². The van der Waals surface area contributed by atoms with Gasteiger partial charge in [0.15, 0.2) is 0 Å². The van der Waals surface area contributed by atoms with Crippen molar-refractivity contribution >= 4 is 0 Å². The van der Waals surface area contributed by atoms with Crippen LogP contribution in [-0.4, -0.2) is 20.4 Å². The van der Waals surface area contributed by atoms with Crippen molar-refractivity contribution < 1.29 is 4.42 Å². The Hall–Kier alpha value is -2.43. The van der Waals surface area contributed by atoms with E-state index < -0.39 is 0 Å². The van der Waals surface area contributed by atoms with Crippen LogP contribution in [0.1, 0.15) is 78.1 Å². The van der Waals surface area contributed by atoms with Crippen LogP contribution >= 0.6 is 0 Å². The second-order valence-corrected chi connectivity index (χ2v) is 9.57. The van der Waals surface area contributed by atoms with E-state index in [0.29, 0.717) is 23.4 Å². The van der Waals surface area contributed by atoms with Crippen molar-refractivity contribution in [1.82, 2.24) is 20.4 Å². The van der Waals surface area contributed by atoms with Crippen LogP contribution in [0.25, 0.3) is 23.0 Å². The fraction of sp³-hybridized carbons (Fsp3) is 0.500. The number of aromatic nitrogens is 4. The molecule has 0 atom stereocenters. The zero-order valence-electron chi connectivity index (χ0n) is 17.6. The zero-order valence-corrected chi connectivity index (χ0v) is 17.6. The van der Waals surface area contributed by atoms with E-state index in [2.05, 4.69) is 94.0 Å². The molecule has 0 bridgehead atoms. The Labute approximate surface area is 161 Å². The molecule has 5 heteroatoms. The van der Waals surface area contributed by atoms with Gasteiger partial charge >= 0.3 is 0 Å². The van der Waals surface area contributed by atoms with E-state index in [0.717, 1.165) is 11.3 Å². The summed E-state index contributed by atoms with van der Waals surface area (Å²) in [5.74, 6) is 1.33. The molecule has 3 rings (SSSR count). The van der Waals surface area contributed by atoms with Crippen molar-refractivity contribution in [2.45, 2.75) is 72.1 Å². The first kappa shape index (κ1) is 19.3. The van der Waals surface area contributed by atoms with Gasteiger partial charge in [-0.15, -0.1) is 10.2 Å². The number of nitrogens with zero attached hydrogens (tertiary/aromatic N) is 3. The average Bonchev–Trinajstić information content (AvgIpc) is 3.22. The fourth-order valence-electron chi connectivity index (χ4n) is 2.80. The molecule has 27 heavy (non-hydrogen) atoms. The van der Waals surface area contributed by atoms with Crippen LogP contribution in [-0.2, 0) is 10.8 Å². The quantitative estimate of drug-likeness (QED) is 0.632. The Kier molecular flexibility index (Phi) is 4.74. The molecule has 0 aliphatic rings. The molecule has 0 amide bonds. The molecule has 0 radical (unpaired) electrons. The zero-order chi connectivity index (χ0) is 20.0. The summed E-state index contributed by atoms with van der Waals surface area (Å²) in [5, 5.41) is 15.9. The number of aromatic amines is 1. The molecule has 5 nitrogen and oxygen atoms in total. The third kappa shape index (κ3) is 4.12. The van der Waals surface area contributed by atoms with Gasteiger partial charge in [-0.1, -0.05) is 61.5 Å². The largest absolute Gasteiger partial charge is 0.415 e. The van der Waals surface area contributed by atoms with E-state index in [1.54, 1.807) is 0 Å². The van der Waals surface area contributed by atoms with E-state index in [1.807, 2.05) is 6.07 Å². The lowest BCUT2D eigenvalue weighted by Gasteiger charge is -2.25. The lowest BCUT2D eigenvalue weighted by molar-refractivity contribution is 0.564. The van der Waals surface area contributed by atoms with Crippen LogP contribution in [0, 0.1) is 0 Å². The molecule has 3 aromatic rings. The molecule has 0 aliphatic carbocycles. The summed E-state index contributed by atoms with van der Waals surface area (Å²) >= 11 is 0. The summed E-state index contributed by atoms with van der Waals surface area (Å²) in [6.45, 7) is 17.5. The third-order valence-electron chi connectivity index (χ3n) is 4.78. The van der Waals surface area contributed by atoms with Gasteiger partial charge < -0.3 is 4.42 Å². The number of H-pyrrole nitrogens is 1. The average molecular weight is 367 g/mol. The Bertz CT molecular complexity index is 904. The van der Waals surface area contributed by atoms with E-state index in [9.17, 15) is 0 Å². The maximum atomic E-state index is 5.98. The molecule has 2 aromatic heterocycles. The summed E-state index contributed by atoms with van der Waals surface area (Å²) < 4.78 is 5.98. The van der Waals surface area contributed by atoms with Crippen LogP contribution in [0.15, 0.2) is 28.7 Å². The standard InChI is InChI=1S/C22H30N4O/c1-13(2)17-12-18(24-23-17)20-26-25-19(27-20)14-9-15(21(3,4)5)11-16(10-14)22(6,7)8/h9-13H,1-8H3,(H,23,24). The monoisotopic (exact) mass is 366 g/mol. The van der Waals surface area contributed by atoms with Gasteiger partial charge in [0.2, 0.25) is 5.89 Å². The molecule has 1 aromatic carbocycles. The van der Waals surface area contributed by atoms with Gasteiger partial charge in [-0.05, 0) is 46.1 Å². The lowest BCUT2D eigenvalue weighted by Crippen LogP contribution is -2.16. The molecule has 0 saturated carbocycles. The summed E-state index contributed by atoms with van der Waals surface area (Å²) in [6, 6.07) is 8.55. The van der Waals surface area contributed by atoms with Crippen molar-refractivity contribution in [3.63, 3.8) is 0 Å². The van der Waals surface area contributed by atoms with E-state index in [1.165, 1.54) is 11.1 Å². The van der Waals surface area contributed by atoms with E-state index >= 15 is 0 Å². The molecule has 0 spiro atoms. The SMILES string of the molecule is CC(C)c1cc(-c2nnc(-c3cc(C(C)(C)C)cc(C(C)(C)C)c3)o2)n[nH]1. The molecule has 144 valence electrons. The van der Waals surface area contributed by atoms with Crippen molar-refractivity contribution in [2.75, 3.05) is 0 Å². The minimum Gasteiger partial charge on any atom is -0.415 e. The minimum absolute atomic E-state index is 0.0349. The first-order valence-electron chi connectivity index (χ1n) is 9.51. The summed E-state index contributed by atoms with van der Waals surface area (Å²) in [7, 11) is 0. The van der Waals surface area contributed by atoms with Gasteiger partial charge in [0.1, 0.15) is 5.69 Å². The van der Waals surface area contributed by atoms with Crippen LogP contribution in [0.2, 0.25) is 0 Å². The van der Waals surface area contributed by atoms with Crippen molar-refractivity contribution in [3.05, 3.63) is 41.1 Å². The maximum Gasteiger partial charge on any atom is 0.268 e. The highest BCUT2D eigenvalue weighted by molar-refractivity contribution is 5.59. The number of nitrogens with one attached hydrogen (secondary N) is 1. The van der Waals surface area contributed by atoms with Gasteiger partial charge in [0.25, 0.3) is 5.89 Å². The molecular formula is C22H30N4O. The Morgan fingerprint density at radius 1 is 0.815 bits per heavy atom. The number of rotatable bonds is 3. The first-order valence-corrected chi connectivity index (χ1v) is 9.51. The summed E-state index contributed by atoms with van der Waals surface area (Å²) in [6.07, 6.45) is 0. The Morgan fingerprint density at radius 3 is 1.85 bits per heavy atom. The van der Waals surface area contributed by atoms with Gasteiger partial charge in [-0.2, -0.15) is 5.10 Å². The van der Waals surface area contributed by atoms with Crippen molar-refractivity contribution in [3.8, 4) is 23.0 Å². The molecule has 0 aliphatic heterocycles. The smallest absolute Gasteiger partial charge is 0.268 e. The first-order chi connectivity index (χ1) is 12.4. The van der Waals surface area contributed by atoms with Crippen molar-refractivity contribution in [2.24, 2.45) is 0 Å². The third-order valence-corrected chi connectivity index (χ3v) is 4.78. The minimum atomic E-state index is 0.0349. The maximum absolute atomic E-state index is 5.98. The van der Waals surface area contributed by atoms with Crippen LogP contribution in [0.4, 0.5) is 0 Å². The molecule has 0 fully saturated rings. The van der Waals surface area contributed by atoms with E-state index in [-0.39, 0.29) is 10.8 Å². The van der Waals surface area contributed by atoms with Crippen LogP contribution in [0.5, 0.6) is 0 Å². The summed E-state index contributed by atoms with van der Waals surface area (Å²) in [5.41, 5.74) is 5.26. The topological polar surface area (TPSA) is 67.6 Å². The highest BCUT2D eigenvalue weighted by atomic mass is 16.4. The molecular weight excluding hydrogens is 336 g/mol. The second kappa shape index (κ2) is 6.63. The van der Waals surface area contributed by atoms with Gasteiger partial charge in [-0.3, -0.25) is 5.10 Å². The summed E-state index contributed by atoms with van der Waals surface area (Å²) in [4.78, 5) is 0. The Balaban J connectivity index is 2.04.